The Balaban J connectivity index is 2.16. The van der Waals surface area contributed by atoms with Crippen molar-refractivity contribution in [3.05, 3.63) is 59.7 Å². The van der Waals surface area contributed by atoms with E-state index in [0.717, 1.165) is 9.79 Å². The van der Waals surface area contributed by atoms with E-state index in [1.165, 1.54) is 6.92 Å². The van der Waals surface area contributed by atoms with E-state index in [9.17, 15) is 9.59 Å². The van der Waals surface area contributed by atoms with Gasteiger partial charge in [-0.2, -0.15) is 0 Å². The Kier molecular flexibility index (Phi) is 3.30. The molecule has 3 nitrogen and oxygen atoms in total. The zero-order valence-corrected chi connectivity index (χ0v) is 13.2. The van der Waals surface area contributed by atoms with Crippen LogP contribution in [0.2, 0.25) is 0 Å². The summed E-state index contributed by atoms with van der Waals surface area (Å²) in [4.78, 5) is 25.5. The van der Waals surface area contributed by atoms with Gasteiger partial charge in [0, 0.05) is 22.4 Å². The molecule has 1 atom stereocenters. The number of nitrogens with zero attached hydrogens (tertiary/aromatic N) is 1. The van der Waals surface area contributed by atoms with Crippen LogP contribution in [-0.4, -0.2) is 23.0 Å². The van der Waals surface area contributed by atoms with E-state index in [4.69, 9.17) is 10.7 Å². The number of halogens is 1. The third-order valence-electron chi connectivity index (χ3n) is 3.65. The fourth-order valence-electron chi connectivity index (χ4n) is 2.47. The van der Waals surface area contributed by atoms with Crippen LogP contribution >= 0.6 is 20.1 Å². The second-order valence-corrected chi connectivity index (χ2v) is 8.70. The second kappa shape index (κ2) is 4.90. The molecule has 0 aliphatic carbocycles. The van der Waals surface area contributed by atoms with Gasteiger partial charge in [-0.3, -0.25) is 13.9 Å². The number of Topliss-reactive ketones (excluding diaryl/α,β-unsaturated/α-hetero) is 1. The highest BCUT2D eigenvalue weighted by Gasteiger charge is 2.43. The SMILES string of the molecule is CC(=O)c1ccc(S2(Cl)c3ccccc3C(=O)N2C)cc1. The van der Waals surface area contributed by atoms with Gasteiger partial charge in [-0.15, -0.1) is 0 Å². The number of rotatable bonds is 2. The zero-order chi connectivity index (χ0) is 15.2. The first-order chi connectivity index (χ1) is 9.96. The molecular formula is C16H14ClNO2S. The second-order valence-electron chi connectivity index (χ2n) is 4.89. The number of amides is 1. The lowest BCUT2D eigenvalue weighted by atomic mass is 10.2. The first-order valence-electron chi connectivity index (χ1n) is 6.47. The molecule has 5 heteroatoms. The molecule has 1 heterocycles. The Labute approximate surface area is 129 Å². The Morgan fingerprint density at radius 3 is 2.33 bits per heavy atom. The van der Waals surface area contributed by atoms with E-state index < -0.39 is 9.43 Å². The van der Waals surface area contributed by atoms with Gasteiger partial charge in [0.1, 0.15) is 0 Å². The summed E-state index contributed by atoms with van der Waals surface area (Å²) in [6.07, 6.45) is 0. The molecule has 21 heavy (non-hydrogen) atoms. The predicted octanol–water partition coefficient (Wildman–Crippen LogP) is 4.27. The molecule has 0 fully saturated rings. The van der Waals surface area contributed by atoms with Gasteiger partial charge in [0.05, 0.1) is 5.56 Å². The molecule has 0 saturated heterocycles. The molecule has 0 bridgehead atoms. The minimum Gasteiger partial charge on any atom is -0.295 e. The van der Waals surface area contributed by atoms with E-state index >= 15 is 0 Å². The van der Waals surface area contributed by atoms with Crippen LogP contribution in [0, 0.1) is 0 Å². The van der Waals surface area contributed by atoms with Crippen molar-refractivity contribution >= 4 is 31.8 Å². The molecule has 0 aromatic heterocycles. The first kappa shape index (κ1) is 14.2. The van der Waals surface area contributed by atoms with E-state index in [1.54, 1.807) is 29.6 Å². The van der Waals surface area contributed by atoms with Crippen LogP contribution < -0.4 is 0 Å². The summed E-state index contributed by atoms with van der Waals surface area (Å²) >= 11 is 0. The minimum absolute atomic E-state index is 0.0106. The van der Waals surface area contributed by atoms with E-state index in [-0.39, 0.29) is 11.7 Å². The molecule has 2 aromatic rings. The van der Waals surface area contributed by atoms with Crippen molar-refractivity contribution in [3.8, 4) is 0 Å². The van der Waals surface area contributed by atoms with Crippen LogP contribution in [0.5, 0.6) is 0 Å². The third kappa shape index (κ3) is 1.98. The quantitative estimate of drug-likeness (QED) is 0.775. The van der Waals surface area contributed by atoms with Crippen molar-refractivity contribution in [2.24, 2.45) is 0 Å². The maximum atomic E-state index is 12.4. The highest BCUT2D eigenvalue weighted by Crippen LogP contribution is 2.72. The van der Waals surface area contributed by atoms with Crippen molar-refractivity contribution in [2.75, 3.05) is 7.05 Å². The molecule has 1 aliphatic heterocycles. The smallest absolute Gasteiger partial charge is 0.264 e. The summed E-state index contributed by atoms with van der Waals surface area (Å²) in [6.45, 7) is 1.53. The number of hydrogen-bond donors (Lipinski definition) is 0. The van der Waals surface area contributed by atoms with Crippen molar-refractivity contribution in [3.63, 3.8) is 0 Å². The normalized spacial score (nSPS) is 23.6. The van der Waals surface area contributed by atoms with Gasteiger partial charge in [-0.1, -0.05) is 24.3 Å². The number of carbonyl (C=O) groups excluding carboxylic acids is 2. The predicted molar refractivity (Wildman–Crippen MR) is 85.0 cm³/mol. The molecule has 108 valence electrons. The van der Waals surface area contributed by atoms with Crippen LogP contribution in [0.3, 0.4) is 0 Å². The molecule has 0 spiro atoms. The summed E-state index contributed by atoms with van der Waals surface area (Å²) in [5, 5.41) is 0. The van der Waals surface area contributed by atoms with E-state index in [0.29, 0.717) is 11.1 Å². The molecule has 2 aromatic carbocycles. The summed E-state index contributed by atoms with van der Waals surface area (Å²) in [5.74, 6) is -0.0531. The number of fused-ring (bicyclic) bond motifs is 1. The van der Waals surface area contributed by atoms with Gasteiger partial charge in [0.15, 0.2) is 5.78 Å². The molecule has 1 aliphatic rings. The third-order valence-corrected chi connectivity index (χ3v) is 8.06. The zero-order valence-electron chi connectivity index (χ0n) is 11.7. The lowest BCUT2D eigenvalue weighted by Gasteiger charge is -2.36. The number of benzene rings is 2. The molecule has 1 amide bonds. The lowest BCUT2D eigenvalue weighted by Crippen LogP contribution is -2.20. The van der Waals surface area contributed by atoms with Crippen molar-refractivity contribution in [1.82, 2.24) is 4.31 Å². The van der Waals surface area contributed by atoms with Gasteiger partial charge in [0.25, 0.3) is 5.91 Å². The largest absolute Gasteiger partial charge is 0.295 e. The fourth-order valence-corrected chi connectivity index (χ4v) is 5.76. The molecule has 0 saturated carbocycles. The van der Waals surface area contributed by atoms with Gasteiger partial charge < -0.3 is 0 Å². The topological polar surface area (TPSA) is 37.4 Å². The average Bonchev–Trinajstić information content (AvgIpc) is 2.71. The number of carbonyl (C=O) groups is 2. The summed E-state index contributed by atoms with van der Waals surface area (Å²) < 4.78 is 1.61. The van der Waals surface area contributed by atoms with Crippen LogP contribution in [0.15, 0.2) is 58.3 Å². The van der Waals surface area contributed by atoms with Crippen molar-refractivity contribution in [2.45, 2.75) is 16.7 Å². The van der Waals surface area contributed by atoms with E-state index in [1.807, 2.05) is 30.3 Å². The summed E-state index contributed by atoms with van der Waals surface area (Å²) in [5.41, 5.74) is 1.29. The number of ketones is 1. The monoisotopic (exact) mass is 319 g/mol. The molecule has 0 N–H and O–H groups in total. The fraction of sp³-hybridized carbons (Fsp3) is 0.125. The molecule has 0 radical (unpaired) electrons. The van der Waals surface area contributed by atoms with Crippen LogP contribution in [0.4, 0.5) is 0 Å². The summed E-state index contributed by atoms with van der Waals surface area (Å²) in [7, 11) is 6.57. The van der Waals surface area contributed by atoms with Gasteiger partial charge in [0.2, 0.25) is 0 Å². The standard InChI is InChI=1S/C16H14ClNO2S/c1-11(19)12-7-9-13(10-8-12)21(17)15-6-4-3-5-14(15)16(20)18(21)2/h3-10H,1-2H3. The van der Waals surface area contributed by atoms with Crippen molar-refractivity contribution < 1.29 is 9.59 Å². The lowest BCUT2D eigenvalue weighted by molar-refractivity contribution is 0.0895. The summed E-state index contributed by atoms with van der Waals surface area (Å²) in [6, 6.07) is 14.6. The van der Waals surface area contributed by atoms with Gasteiger partial charge in [-0.05, 0) is 51.3 Å². The Hall–Kier alpha value is -1.78. The Morgan fingerprint density at radius 1 is 1.10 bits per heavy atom. The average molecular weight is 320 g/mol. The van der Waals surface area contributed by atoms with Gasteiger partial charge in [-0.25, -0.2) is 0 Å². The van der Waals surface area contributed by atoms with Crippen molar-refractivity contribution in [1.29, 1.82) is 0 Å². The molecular weight excluding hydrogens is 306 g/mol. The minimum atomic E-state index is -2.07. The van der Waals surface area contributed by atoms with Crippen LogP contribution in [0.25, 0.3) is 0 Å². The first-order valence-corrected chi connectivity index (χ1v) is 8.89. The van der Waals surface area contributed by atoms with E-state index in [2.05, 4.69) is 0 Å². The highest BCUT2D eigenvalue weighted by atomic mass is 35.7. The van der Waals surface area contributed by atoms with Crippen LogP contribution in [0.1, 0.15) is 27.6 Å². The highest BCUT2D eigenvalue weighted by molar-refractivity contribution is 8.50. The Morgan fingerprint density at radius 2 is 1.71 bits per heavy atom. The molecule has 1 unspecified atom stereocenters. The molecule has 3 rings (SSSR count). The van der Waals surface area contributed by atoms with Gasteiger partial charge >= 0.3 is 0 Å². The Bertz CT molecular complexity index is 744. The maximum absolute atomic E-state index is 12.4. The maximum Gasteiger partial charge on any atom is 0.264 e. The van der Waals surface area contributed by atoms with Crippen LogP contribution in [-0.2, 0) is 0 Å². The number of hydrogen-bond acceptors (Lipinski definition) is 2.